The Hall–Kier alpha value is -2.09. The molecular formula is C14H11N2. The van der Waals surface area contributed by atoms with E-state index in [1.807, 2.05) is 48.1 Å². The lowest BCUT2D eigenvalue weighted by Crippen LogP contribution is -1.89. The molecule has 1 radical (unpaired) electrons. The Balaban J connectivity index is 2.33. The number of aryl methyl sites for hydroxylation is 1. The maximum atomic E-state index is 4.56. The standard InChI is InChI=1S/C14H11N2/c1-16-13-10-6-5-9-12(13)14(15-16)11-7-3-2-4-8-11/h2-4,6-10H,1H3. The lowest BCUT2D eigenvalue weighted by molar-refractivity contribution is 0.800. The number of fused-ring (bicyclic) bond motifs is 1. The molecule has 77 valence electrons. The second-order valence-corrected chi connectivity index (χ2v) is 3.78. The number of hydrogen-bond acceptors (Lipinski definition) is 1. The van der Waals surface area contributed by atoms with Crippen LogP contribution in [0.2, 0.25) is 0 Å². The van der Waals surface area contributed by atoms with Gasteiger partial charge in [0.05, 0.1) is 5.52 Å². The highest BCUT2D eigenvalue weighted by molar-refractivity contribution is 5.93. The second kappa shape index (κ2) is 3.49. The van der Waals surface area contributed by atoms with Crippen LogP contribution >= 0.6 is 0 Å². The molecular weight excluding hydrogens is 196 g/mol. The van der Waals surface area contributed by atoms with Crippen LogP contribution < -0.4 is 0 Å². The van der Waals surface area contributed by atoms with E-state index in [4.69, 9.17) is 0 Å². The first kappa shape index (κ1) is 9.16. The third-order valence-electron chi connectivity index (χ3n) is 2.74. The summed E-state index contributed by atoms with van der Waals surface area (Å²) >= 11 is 0. The first-order valence-electron chi connectivity index (χ1n) is 5.24. The molecule has 0 saturated carbocycles. The minimum absolute atomic E-state index is 1.02. The first-order valence-corrected chi connectivity index (χ1v) is 5.24. The molecule has 3 aromatic rings. The van der Waals surface area contributed by atoms with Crippen LogP contribution in [0, 0.1) is 6.07 Å². The summed E-state index contributed by atoms with van der Waals surface area (Å²) in [6.45, 7) is 0. The molecule has 2 nitrogen and oxygen atoms in total. The topological polar surface area (TPSA) is 17.8 Å². The van der Waals surface area contributed by atoms with E-state index in [-0.39, 0.29) is 0 Å². The molecule has 0 spiro atoms. The maximum absolute atomic E-state index is 4.56. The van der Waals surface area contributed by atoms with Crippen LogP contribution in [0.5, 0.6) is 0 Å². The number of nitrogens with zero attached hydrogens (tertiary/aromatic N) is 2. The largest absolute Gasteiger partial charge is 0.267 e. The van der Waals surface area contributed by atoms with Gasteiger partial charge in [0.2, 0.25) is 0 Å². The highest BCUT2D eigenvalue weighted by atomic mass is 15.3. The molecule has 16 heavy (non-hydrogen) atoms. The van der Waals surface area contributed by atoms with E-state index in [0.717, 1.165) is 22.2 Å². The van der Waals surface area contributed by atoms with Crippen molar-refractivity contribution in [2.45, 2.75) is 0 Å². The first-order chi connectivity index (χ1) is 7.86. The third-order valence-corrected chi connectivity index (χ3v) is 2.74. The molecule has 2 heteroatoms. The number of hydrogen-bond donors (Lipinski definition) is 0. The fourth-order valence-corrected chi connectivity index (χ4v) is 1.96. The summed E-state index contributed by atoms with van der Waals surface area (Å²) in [5, 5.41) is 5.71. The van der Waals surface area contributed by atoms with E-state index < -0.39 is 0 Å². The summed E-state index contributed by atoms with van der Waals surface area (Å²) in [5.74, 6) is 0. The van der Waals surface area contributed by atoms with E-state index in [9.17, 15) is 0 Å². The van der Waals surface area contributed by atoms with E-state index in [0.29, 0.717) is 0 Å². The van der Waals surface area contributed by atoms with Crippen molar-refractivity contribution in [2.75, 3.05) is 0 Å². The van der Waals surface area contributed by atoms with Crippen LogP contribution in [0.1, 0.15) is 0 Å². The molecule has 0 amide bonds. The van der Waals surface area contributed by atoms with Crippen molar-refractivity contribution >= 4 is 10.9 Å². The molecule has 0 aliphatic carbocycles. The molecule has 1 heterocycles. The van der Waals surface area contributed by atoms with Crippen molar-refractivity contribution in [3.8, 4) is 11.3 Å². The average Bonchev–Trinajstić information content (AvgIpc) is 2.69. The predicted octanol–water partition coefficient (Wildman–Crippen LogP) is 3.04. The van der Waals surface area contributed by atoms with Gasteiger partial charge in [-0.05, 0) is 18.2 Å². The van der Waals surface area contributed by atoms with Gasteiger partial charge >= 0.3 is 0 Å². The van der Waals surface area contributed by atoms with Gasteiger partial charge in [-0.2, -0.15) is 5.10 Å². The minimum atomic E-state index is 1.02. The monoisotopic (exact) mass is 207 g/mol. The van der Waals surface area contributed by atoms with Gasteiger partial charge in [-0.25, -0.2) is 0 Å². The fraction of sp³-hybridized carbons (Fsp3) is 0.0714. The Bertz CT molecular complexity index is 624. The number of aromatic nitrogens is 2. The van der Waals surface area contributed by atoms with E-state index >= 15 is 0 Å². The Morgan fingerprint density at radius 2 is 1.94 bits per heavy atom. The molecule has 3 rings (SSSR count). The summed E-state index contributed by atoms with van der Waals surface area (Å²) in [7, 11) is 1.97. The van der Waals surface area contributed by atoms with Crippen LogP contribution in [0.4, 0.5) is 0 Å². The fourth-order valence-electron chi connectivity index (χ4n) is 1.96. The Morgan fingerprint density at radius 3 is 2.75 bits per heavy atom. The van der Waals surface area contributed by atoms with Crippen LogP contribution in [0.15, 0.2) is 48.5 Å². The van der Waals surface area contributed by atoms with Crippen molar-refractivity contribution in [3.05, 3.63) is 54.6 Å². The van der Waals surface area contributed by atoms with Crippen LogP contribution in [0.3, 0.4) is 0 Å². The van der Waals surface area contributed by atoms with Crippen LogP contribution in [-0.2, 0) is 7.05 Å². The molecule has 0 bridgehead atoms. The van der Waals surface area contributed by atoms with Crippen LogP contribution in [0.25, 0.3) is 22.2 Å². The summed E-state index contributed by atoms with van der Waals surface area (Å²) < 4.78 is 1.91. The Kier molecular flexibility index (Phi) is 2.00. The zero-order chi connectivity index (χ0) is 11.0. The quantitative estimate of drug-likeness (QED) is 0.599. The highest BCUT2D eigenvalue weighted by Gasteiger charge is 2.08. The third kappa shape index (κ3) is 1.31. The highest BCUT2D eigenvalue weighted by Crippen LogP contribution is 2.26. The van der Waals surface area contributed by atoms with Crippen molar-refractivity contribution < 1.29 is 0 Å². The molecule has 0 saturated heterocycles. The summed E-state index contributed by atoms with van der Waals surface area (Å²) in [4.78, 5) is 0. The zero-order valence-electron chi connectivity index (χ0n) is 9.01. The SMILES string of the molecule is Cn1nc(-c2ccccc2)c2c[c]ccc21. The number of benzene rings is 2. The van der Waals surface area contributed by atoms with Gasteiger partial charge < -0.3 is 0 Å². The Morgan fingerprint density at radius 1 is 1.12 bits per heavy atom. The van der Waals surface area contributed by atoms with Crippen molar-refractivity contribution in [1.82, 2.24) is 9.78 Å². The Labute approximate surface area is 94.1 Å². The lowest BCUT2D eigenvalue weighted by atomic mass is 10.1. The van der Waals surface area contributed by atoms with Crippen LogP contribution in [-0.4, -0.2) is 9.78 Å². The van der Waals surface area contributed by atoms with Crippen molar-refractivity contribution in [3.63, 3.8) is 0 Å². The molecule has 0 N–H and O–H groups in total. The lowest BCUT2D eigenvalue weighted by Gasteiger charge is -1.95. The van der Waals surface area contributed by atoms with Crippen molar-refractivity contribution in [1.29, 1.82) is 0 Å². The summed E-state index contributed by atoms with van der Waals surface area (Å²) in [5.41, 5.74) is 3.31. The molecule has 0 aliphatic heterocycles. The second-order valence-electron chi connectivity index (χ2n) is 3.78. The molecule has 0 fully saturated rings. The summed E-state index contributed by atoms with van der Waals surface area (Å²) in [6, 6.07) is 19.3. The predicted molar refractivity (Wildman–Crippen MR) is 65.0 cm³/mol. The van der Waals surface area contributed by atoms with Gasteiger partial charge in [-0.15, -0.1) is 0 Å². The molecule has 0 aliphatic rings. The van der Waals surface area contributed by atoms with Gasteiger partial charge in [0, 0.05) is 18.0 Å². The van der Waals surface area contributed by atoms with Gasteiger partial charge in [0.1, 0.15) is 5.69 Å². The molecule has 1 aromatic heterocycles. The summed E-state index contributed by atoms with van der Waals surface area (Å²) in [6.07, 6.45) is 0. The average molecular weight is 207 g/mol. The normalized spacial score (nSPS) is 10.8. The van der Waals surface area contributed by atoms with Crippen molar-refractivity contribution in [2.24, 2.45) is 7.05 Å². The zero-order valence-corrected chi connectivity index (χ0v) is 9.01. The van der Waals surface area contributed by atoms with E-state index in [1.165, 1.54) is 0 Å². The number of rotatable bonds is 1. The van der Waals surface area contributed by atoms with Gasteiger partial charge in [-0.1, -0.05) is 36.4 Å². The van der Waals surface area contributed by atoms with Gasteiger partial charge in [-0.3, -0.25) is 4.68 Å². The molecule has 0 atom stereocenters. The smallest absolute Gasteiger partial charge is 0.100 e. The van der Waals surface area contributed by atoms with Gasteiger partial charge in [0.15, 0.2) is 0 Å². The maximum Gasteiger partial charge on any atom is 0.100 e. The van der Waals surface area contributed by atoms with E-state index in [2.05, 4.69) is 23.3 Å². The molecule has 0 unspecified atom stereocenters. The van der Waals surface area contributed by atoms with E-state index in [1.54, 1.807) is 0 Å². The minimum Gasteiger partial charge on any atom is -0.267 e. The molecule has 2 aromatic carbocycles. The van der Waals surface area contributed by atoms with Gasteiger partial charge in [0.25, 0.3) is 0 Å².